The van der Waals surface area contributed by atoms with E-state index in [9.17, 15) is 9.59 Å². The lowest BCUT2D eigenvalue weighted by atomic mass is 9.48. The van der Waals surface area contributed by atoms with Crippen molar-refractivity contribution in [3.8, 4) is 6.57 Å². The lowest BCUT2D eigenvalue weighted by molar-refractivity contribution is -0.121. The zero-order valence-corrected chi connectivity index (χ0v) is 15.4. The van der Waals surface area contributed by atoms with Gasteiger partial charge in [-0.1, -0.05) is 30.8 Å². The van der Waals surface area contributed by atoms with Crippen molar-refractivity contribution >= 4 is 11.7 Å². The van der Waals surface area contributed by atoms with E-state index >= 15 is 0 Å². The van der Waals surface area contributed by atoms with Gasteiger partial charge in [0, 0.05) is 23.3 Å². The highest BCUT2D eigenvalue weighted by Gasteiger charge is 2.82. The molecular formula is C21H23N2O3+. The van der Waals surface area contributed by atoms with Gasteiger partial charge >= 0.3 is 5.54 Å². The normalized spacial score (nSPS) is 42.8. The molecule has 1 N–H and O–H groups in total. The minimum atomic E-state index is -0.828. The number of nitrogens with zero attached hydrogens (tertiary/aromatic N) is 1. The molecule has 5 rings (SSSR count). The highest BCUT2D eigenvalue weighted by molar-refractivity contribution is 6.09. The van der Waals surface area contributed by atoms with Gasteiger partial charge in [-0.2, -0.15) is 0 Å². The van der Waals surface area contributed by atoms with Crippen LogP contribution in [0, 0.1) is 17.9 Å². The highest BCUT2D eigenvalue weighted by Crippen LogP contribution is 2.69. The molecule has 0 bridgehead atoms. The van der Waals surface area contributed by atoms with Gasteiger partial charge in [0.1, 0.15) is 6.10 Å². The lowest BCUT2D eigenvalue weighted by Crippen LogP contribution is -2.59. The average Bonchev–Trinajstić information content (AvgIpc) is 3.19. The number of carbonyl (C=O) groups is 2. The summed E-state index contributed by atoms with van der Waals surface area (Å²) in [6, 6.07) is 0. The van der Waals surface area contributed by atoms with Crippen LogP contribution in [-0.2, 0) is 14.3 Å². The first-order valence-electron chi connectivity index (χ1n) is 9.40. The molecule has 1 saturated carbocycles. The van der Waals surface area contributed by atoms with Crippen LogP contribution in [0.1, 0.15) is 40.0 Å². The molecule has 134 valence electrons. The van der Waals surface area contributed by atoms with E-state index in [1.165, 1.54) is 0 Å². The Kier molecular flexibility index (Phi) is 2.81. The molecule has 2 heterocycles. The van der Waals surface area contributed by atoms with Gasteiger partial charge in [-0.15, -0.1) is 0 Å². The second kappa shape index (κ2) is 4.55. The van der Waals surface area contributed by atoms with Crippen molar-refractivity contribution in [2.75, 3.05) is 6.54 Å². The zero-order valence-electron chi connectivity index (χ0n) is 15.4. The van der Waals surface area contributed by atoms with Crippen LogP contribution in [-0.4, -0.2) is 35.5 Å². The summed E-state index contributed by atoms with van der Waals surface area (Å²) in [5.41, 5.74) is 1.71. The molecule has 2 aliphatic heterocycles. The van der Waals surface area contributed by atoms with E-state index in [1.54, 1.807) is 0 Å². The van der Waals surface area contributed by atoms with E-state index in [0.717, 1.165) is 28.7 Å². The van der Waals surface area contributed by atoms with Crippen molar-refractivity contribution in [2.45, 2.75) is 57.3 Å². The van der Waals surface area contributed by atoms with Gasteiger partial charge < -0.3 is 10.1 Å². The molecule has 5 nitrogen and oxygen atoms in total. The molecule has 5 heteroatoms. The Labute approximate surface area is 153 Å². The van der Waals surface area contributed by atoms with E-state index in [1.807, 2.05) is 19.9 Å². The van der Waals surface area contributed by atoms with Gasteiger partial charge in [-0.3, -0.25) is 9.59 Å². The van der Waals surface area contributed by atoms with Crippen LogP contribution in [0.5, 0.6) is 0 Å². The molecule has 0 aromatic heterocycles. The summed E-state index contributed by atoms with van der Waals surface area (Å²) >= 11 is 0. The van der Waals surface area contributed by atoms with E-state index in [-0.39, 0.29) is 23.7 Å². The van der Waals surface area contributed by atoms with Gasteiger partial charge in [-0.05, 0) is 31.3 Å². The number of ketones is 1. The fraction of sp³-hybridized carbons (Fsp3) is 0.571. The topological polar surface area (TPSA) is 63.1 Å². The minimum absolute atomic E-state index is 0.00526. The van der Waals surface area contributed by atoms with Gasteiger partial charge in [0.05, 0.1) is 11.8 Å². The third-order valence-corrected chi connectivity index (χ3v) is 7.42. The molecule has 2 fully saturated rings. The van der Waals surface area contributed by atoms with E-state index in [2.05, 4.69) is 23.2 Å². The molecule has 0 radical (unpaired) electrons. The summed E-state index contributed by atoms with van der Waals surface area (Å²) < 4.78 is 6.12. The molecule has 0 aromatic rings. The van der Waals surface area contributed by atoms with Crippen LogP contribution >= 0.6 is 0 Å². The van der Waals surface area contributed by atoms with Gasteiger partial charge in [-0.25, -0.2) is 0 Å². The van der Waals surface area contributed by atoms with E-state index in [0.29, 0.717) is 19.4 Å². The summed E-state index contributed by atoms with van der Waals surface area (Å²) in [6.45, 7) is 12.7. The summed E-state index contributed by atoms with van der Waals surface area (Å²) in [5, 5.41) is 2.93. The monoisotopic (exact) mass is 351 g/mol. The SMILES string of the molecule is C#[N+][C@@]12C[C@@H]3O[C@@]34C(=O)C(C(C)C)=CC=C4[C@@]1(C)CCC1=C2CNC1=O. The number of amides is 1. The molecular weight excluding hydrogens is 328 g/mol. The van der Waals surface area contributed by atoms with Crippen LogP contribution in [0.15, 0.2) is 34.4 Å². The third-order valence-electron chi connectivity index (χ3n) is 7.42. The number of hydrogen-bond donors (Lipinski definition) is 1. The van der Waals surface area contributed by atoms with E-state index < -0.39 is 16.6 Å². The maximum absolute atomic E-state index is 13.3. The number of nitrogens with one attached hydrogen (secondary N) is 1. The largest absolute Gasteiger partial charge is 0.352 e. The Morgan fingerprint density at radius 1 is 1.35 bits per heavy atom. The van der Waals surface area contributed by atoms with Crippen molar-refractivity contribution in [3.05, 3.63) is 39.3 Å². The summed E-state index contributed by atoms with van der Waals surface area (Å²) in [6.07, 6.45) is 5.79. The first kappa shape index (κ1) is 16.0. The lowest BCUT2D eigenvalue weighted by Gasteiger charge is -2.47. The average molecular weight is 351 g/mol. The molecule has 0 aromatic carbocycles. The fourth-order valence-corrected chi connectivity index (χ4v) is 5.91. The fourth-order valence-electron chi connectivity index (χ4n) is 5.91. The Morgan fingerprint density at radius 2 is 2.12 bits per heavy atom. The molecule has 5 aliphatic rings. The van der Waals surface area contributed by atoms with Crippen LogP contribution in [0.4, 0.5) is 0 Å². The van der Waals surface area contributed by atoms with Crippen LogP contribution in [0.2, 0.25) is 0 Å². The van der Waals surface area contributed by atoms with Crippen LogP contribution in [0.25, 0.3) is 4.85 Å². The van der Waals surface area contributed by atoms with Crippen molar-refractivity contribution < 1.29 is 14.3 Å². The van der Waals surface area contributed by atoms with Crippen molar-refractivity contribution in [1.29, 1.82) is 0 Å². The molecule has 1 spiro atoms. The predicted molar refractivity (Wildman–Crippen MR) is 96.6 cm³/mol. The number of Topliss-reactive ketones (excluding diaryl/α,β-unsaturated/α-hetero) is 1. The van der Waals surface area contributed by atoms with E-state index in [4.69, 9.17) is 11.3 Å². The molecule has 26 heavy (non-hydrogen) atoms. The summed E-state index contributed by atoms with van der Waals surface area (Å²) in [4.78, 5) is 29.9. The second-order valence-electron chi connectivity index (χ2n) is 8.69. The predicted octanol–water partition coefficient (Wildman–Crippen LogP) is 2.55. The molecule has 4 atom stereocenters. The van der Waals surface area contributed by atoms with Crippen LogP contribution < -0.4 is 5.32 Å². The number of epoxide rings is 1. The molecule has 1 saturated heterocycles. The number of rotatable bonds is 1. The van der Waals surface area contributed by atoms with Crippen molar-refractivity contribution in [2.24, 2.45) is 11.3 Å². The van der Waals surface area contributed by atoms with Gasteiger partial charge in [0.2, 0.25) is 5.91 Å². The maximum Gasteiger partial charge on any atom is 0.315 e. The number of hydrogen-bond acceptors (Lipinski definition) is 3. The maximum atomic E-state index is 13.3. The Balaban J connectivity index is 1.73. The van der Waals surface area contributed by atoms with Crippen molar-refractivity contribution in [3.63, 3.8) is 0 Å². The standard InChI is InChI=1S/C21H22N2O3/c1-11(2)12-5-6-15-19(3)8-7-13-14(10-23-18(13)25)20(19,22-4)9-16-21(15,26-16)17(12)24/h4-6,11,16H,7-10H2,1-3H3/p+1/t16-,19+,20+,21+/m0/s1. The summed E-state index contributed by atoms with van der Waals surface area (Å²) in [7, 11) is 0. The Morgan fingerprint density at radius 3 is 2.81 bits per heavy atom. The van der Waals surface area contributed by atoms with Crippen LogP contribution in [0.3, 0.4) is 0 Å². The van der Waals surface area contributed by atoms with Crippen molar-refractivity contribution in [1.82, 2.24) is 5.32 Å². The Hall–Kier alpha value is -2.19. The summed E-state index contributed by atoms with van der Waals surface area (Å²) in [5.74, 6) is 0.257. The highest BCUT2D eigenvalue weighted by atomic mass is 16.6. The minimum Gasteiger partial charge on any atom is -0.352 e. The quantitative estimate of drug-likeness (QED) is 0.739. The smallest absolute Gasteiger partial charge is 0.315 e. The molecule has 0 unspecified atom stereocenters. The Bertz CT molecular complexity index is 918. The number of fused-ring (bicyclic) bond motifs is 3. The number of ether oxygens (including phenoxy) is 1. The zero-order chi connectivity index (χ0) is 18.5. The number of carbonyl (C=O) groups excluding carboxylic acids is 2. The third kappa shape index (κ3) is 1.48. The molecule has 1 amide bonds. The number of allylic oxidation sites excluding steroid dienone is 2. The van der Waals surface area contributed by atoms with Gasteiger partial charge in [0.25, 0.3) is 6.57 Å². The first-order valence-corrected chi connectivity index (χ1v) is 9.40. The molecule has 3 aliphatic carbocycles. The van der Waals surface area contributed by atoms with Gasteiger partial charge in [0.15, 0.2) is 11.4 Å². The first-order chi connectivity index (χ1) is 12.3. The second-order valence-corrected chi connectivity index (χ2v) is 8.69.